The van der Waals surface area contributed by atoms with Crippen molar-refractivity contribution in [2.45, 2.75) is 12.2 Å². The van der Waals surface area contributed by atoms with Crippen LogP contribution in [0.3, 0.4) is 0 Å². The van der Waals surface area contributed by atoms with E-state index in [0.29, 0.717) is 0 Å². The van der Waals surface area contributed by atoms with E-state index >= 15 is 0 Å². The van der Waals surface area contributed by atoms with E-state index in [2.05, 4.69) is 9.40 Å². The molecular weight excluding hydrogens is 170 g/mol. The summed E-state index contributed by atoms with van der Waals surface area (Å²) in [6, 6.07) is 0. The maximum Gasteiger partial charge on any atom is 0.276 e. The number of nitrogens with zero attached hydrogens (tertiary/aromatic N) is 1. The molecule has 6 heteroatoms. The third kappa shape index (κ3) is 1.78. The monoisotopic (exact) mass is 177 g/mol. The summed E-state index contributed by atoms with van der Waals surface area (Å²) in [5.41, 5.74) is 0. The van der Waals surface area contributed by atoms with Crippen LogP contribution in [0.15, 0.2) is 16.9 Å². The minimum absolute atomic E-state index is 0.00694. The second-order valence-electron chi connectivity index (χ2n) is 2.03. The minimum Gasteiger partial charge on any atom is -0.448 e. The van der Waals surface area contributed by atoms with Gasteiger partial charge in [0.25, 0.3) is 10.1 Å². The lowest BCUT2D eigenvalue weighted by atomic mass is 10.5. The van der Waals surface area contributed by atoms with E-state index in [-0.39, 0.29) is 5.89 Å². The zero-order valence-corrected chi connectivity index (χ0v) is 6.58. The normalized spacial score (nSPS) is 14.7. The van der Waals surface area contributed by atoms with E-state index in [1.54, 1.807) is 0 Å². The Labute approximate surface area is 63.8 Å². The molecule has 0 amide bonds. The van der Waals surface area contributed by atoms with Crippen LogP contribution < -0.4 is 0 Å². The van der Waals surface area contributed by atoms with Crippen LogP contribution in [-0.2, 0) is 10.1 Å². The van der Waals surface area contributed by atoms with Crippen LogP contribution in [0, 0.1) is 0 Å². The van der Waals surface area contributed by atoms with Gasteiger partial charge in [-0.05, 0) is 6.92 Å². The van der Waals surface area contributed by atoms with Crippen LogP contribution in [0.4, 0.5) is 0 Å². The van der Waals surface area contributed by atoms with Gasteiger partial charge in [-0.3, -0.25) is 4.55 Å². The lowest BCUT2D eigenvalue weighted by Gasteiger charge is -2.00. The number of aromatic nitrogens is 1. The van der Waals surface area contributed by atoms with E-state index in [1.165, 1.54) is 19.4 Å². The highest BCUT2D eigenvalue weighted by molar-refractivity contribution is 7.86. The van der Waals surface area contributed by atoms with Crippen LogP contribution in [0.1, 0.15) is 18.1 Å². The molecule has 0 aliphatic rings. The van der Waals surface area contributed by atoms with E-state index in [4.69, 9.17) is 4.55 Å². The molecule has 0 fully saturated rings. The molecule has 0 spiro atoms. The molecular formula is C5H7NO4S. The molecule has 11 heavy (non-hydrogen) atoms. The standard InChI is InChI=1S/C5H7NO4S/c1-4(11(7,8)9)5-6-2-3-10-5/h2-4H,1H3,(H,7,8,9). The molecule has 0 radical (unpaired) electrons. The first-order chi connectivity index (χ1) is 5.02. The van der Waals surface area contributed by atoms with Crippen molar-refractivity contribution in [3.63, 3.8) is 0 Å². The van der Waals surface area contributed by atoms with Gasteiger partial charge in [0.2, 0.25) is 5.89 Å². The number of hydrogen-bond acceptors (Lipinski definition) is 4. The van der Waals surface area contributed by atoms with Crippen LogP contribution >= 0.6 is 0 Å². The predicted molar refractivity (Wildman–Crippen MR) is 36.5 cm³/mol. The predicted octanol–water partition coefficient (Wildman–Crippen LogP) is 0.623. The third-order valence-corrected chi connectivity index (χ3v) is 2.34. The average Bonchev–Trinajstić information content (AvgIpc) is 2.34. The second kappa shape index (κ2) is 2.63. The van der Waals surface area contributed by atoms with Crippen molar-refractivity contribution in [3.05, 3.63) is 18.4 Å². The van der Waals surface area contributed by atoms with Gasteiger partial charge < -0.3 is 4.42 Å². The average molecular weight is 177 g/mol. The Kier molecular flexibility index (Phi) is 1.97. The second-order valence-corrected chi connectivity index (χ2v) is 3.76. The Morgan fingerprint density at radius 3 is 2.73 bits per heavy atom. The SMILES string of the molecule is CC(c1ncco1)S(=O)(=O)O. The van der Waals surface area contributed by atoms with E-state index in [0.717, 1.165) is 0 Å². The zero-order valence-electron chi connectivity index (χ0n) is 5.76. The summed E-state index contributed by atoms with van der Waals surface area (Å²) in [6.45, 7) is 1.29. The van der Waals surface area contributed by atoms with Gasteiger partial charge in [-0.1, -0.05) is 0 Å². The van der Waals surface area contributed by atoms with Crippen molar-refractivity contribution in [2.75, 3.05) is 0 Å². The van der Waals surface area contributed by atoms with Crippen molar-refractivity contribution in [3.8, 4) is 0 Å². The summed E-state index contributed by atoms with van der Waals surface area (Å²) >= 11 is 0. The van der Waals surface area contributed by atoms with Gasteiger partial charge in [-0.2, -0.15) is 8.42 Å². The van der Waals surface area contributed by atoms with Gasteiger partial charge in [-0.15, -0.1) is 0 Å². The van der Waals surface area contributed by atoms with Gasteiger partial charge in [0, 0.05) is 0 Å². The van der Waals surface area contributed by atoms with E-state index in [9.17, 15) is 8.42 Å². The molecule has 5 nitrogen and oxygen atoms in total. The molecule has 1 aromatic heterocycles. The number of oxazole rings is 1. The maximum absolute atomic E-state index is 10.5. The van der Waals surface area contributed by atoms with Crippen molar-refractivity contribution >= 4 is 10.1 Å². The molecule has 1 heterocycles. The fourth-order valence-corrected chi connectivity index (χ4v) is 0.934. The first-order valence-corrected chi connectivity index (χ1v) is 4.38. The molecule has 0 bridgehead atoms. The Morgan fingerprint density at radius 2 is 2.36 bits per heavy atom. The molecule has 0 aromatic carbocycles. The van der Waals surface area contributed by atoms with Crippen LogP contribution in [0.2, 0.25) is 0 Å². The molecule has 1 N–H and O–H groups in total. The van der Waals surface area contributed by atoms with Crippen LogP contribution in [0.25, 0.3) is 0 Å². The maximum atomic E-state index is 10.5. The molecule has 0 aliphatic heterocycles. The number of hydrogen-bond donors (Lipinski definition) is 1. The molecule has 1 unspecified atom stereocenters. The highest BCUT2D eigenvalue weighted by Crippen LogP contribution is 2.17. The first-order valence-electron chi connectivity index (χ1n) is 2.87. The fourth-order valence-electron chi connectivity index (χ4n) is 0.563. The summed E-state index contributed by atoms with van der Waals surface area (Å²) in [5.74, 6) is -0.00694. The number of rotatable bonds is 2. The van der Waals surface area contributed by atoms with Crippen LogP contribution in [-0.4, -0.2) is 18.0 Å². The van der Waals surface area contributed by atoms with Crippen LogP contribution in [0.5, 0.6) is 0 Å². The minimum atomic E-state index is -4.08. The van der Waals surface area contributed by atoms with Gasteiger partial charge >= 0.3 is 0 Å². The van der Waals surface area contributed by atoms with Gasteiger partial charge in [0.15, 0.2) is 5.25 Å². The largest absolute Gasteiger partial charge is 0.448 e. The Bertz CT molecular complexity index is 314. The quantitative estimate of drug-likeness (QED) is 0.670. The summed E-state index contributed by atoms with van der Waals surface area (Å²) in [7, 11) is -4.08. The Morgan fingerprint density at radius 1 is 1.73 bits per heavy atom. The first kappa shape index (κ1) is 8.22. The lowest BCUT2D eigenvalue weighted by Crippen LogP contribution is -2.08. The fraction of sp³-hybridized carbons (Fsp3) is 0.400. The van der Waals surface area contributed by atoms with Crippen molar-refractivity contribution in [2.24, 2.45) is 0 Å². The third-order valence-electron chi connectivity index (χ3n) is 1.25. The smallest absolute Gasteiger partial charge is 0.276 e. The van der Waals surface area contributed by atoms with Gasteiger partial charge in [0.05, 0.1) is 6.20 Å². The molecule has 0 saturated carbocycles. The van der Waals surface area contributed by atoms with Gasteiger partial charge in [0.1, 0.15) is 6.26 Å². The molecule has 1 rings (SSSR count). The van der Waals surface area contributed by atoms with Crippen molar-refractivity contribution in [1.82, 2.24) is 4.98 Å². The molecule has 0 saturated heterocycles. The summed E-state index contributed by atoms with van der Waals surface area (Å²) in [6.07, 6.45) is 2.56. The van der Waals surface area contributed by atoms with Gasteiger partial charge in [-0.25, -0.2) is 4.98 Å². The highest BCUT2D eigenvalue weighted by Gasteiger charge is 2.23. The van der Waals surface area contributed by atoms with Crippen molar-refractivity contribution < 1.29 is 17.4 Å². The Balaban J connectivity index is 2.97. The topological polar surface area (TPSA) is 80.4 Å². The molecule has 1 aromatic rings. The van der Waals surface area contributed by atoms with E-state index < -0.39 is 15.4 Å². The Hall–Kier alpha value is -0.880. The summed E-state index contributed by atoms with van der Waals surface area (Å²) in [5, 5.41) is -1.10. The molecule has 1 atom stereocenters. The van der Waals surface area contributed by atoms with Crippen molar-refractivity contribution in [1.29, 1.82) is 0 Å². The summed E-state index contributed by atoms with van der Waals surface area (Å²) < 4.78 is 34.2. The summed E-state index contributed by atoms with van der Waals surface area (Å²) in [4.78, 5) is 3.58. The highest BCUT2D eigenvalue weighted by atomic mass is 32.2. The zero-order chi connectivity index (χ0) is 8.48. The lowest BCUT2D eigenvalue weighted by molar-refractivity contribution is 0.441. The van der Waals surface area contributed by atoms with E-state index in [1.807, 2.05) is 0 Å². The molecule has 0 aliphatic carbocycles. The molecule has 62 valence electrons.